The smallest absolute Gasteiger partial charge is 0.336 e. The van der Waals surface area contributed by atoms with Gasteiger partial charge >= 0.3 is 5.63 Å². The number of carbonyl (C=O) groups excluding carboxylic acids is 1. The molecule has 5 heteroatoms. The molecule has 0 radical (unpaired) electrons. The number of anilines is 1. The van der Waals surface area contributed by atoms with Gasteiger partial charge in [0.15, 0.2) is 0 Å². The van der Waals surface area contributed by atoms with Crippen LogP contribution in [0, 0.1) is 5.92 Å². The van der Waals surface area contributed by atoms with Crippen LogP contribution in [0.15, 0.2) is 82.0 Å². The molecule has 5 nitrogen and oxygen atoms in total. The van der Waals surface area contributed by atoms with Crippen molar-refractivity contribution in [2.24, 2.45) is 5.92 Å². The summed E-state index contributed by atoms with van der Waals surface area (Å²) in [7, 11) is 0. The van der Waals surface area contributed by atoms with E-state index in [1.807, 2.05) is 54.6 Å². The summed E-state index contributed by atoms with van der Waals surface area (Å²) in [6, 6.07) is 23.2. The van der Waals surface area contributed by atoms with Crippen molar-refractivity contribution in [3.8, 4) is 0 Å². The maximum absolute atomic E-state index is 12.6. The molecule has 156 valence electrons. The molecule has 2 heterocycles. The lowest BCUT2D eigenvalue weighted by molar-refractivity contribution is -0.121. The van der Waals surface area contributed by atoms with E-state index in [9.17, 15) is 9.59 Å². The van der Waals surface area contributed by atoms with E-state index in [1.54, 1.807) is 6.07 Å². The van der Waals surface area contributed by atoms with Crippen LogP contribution in [0.5, 0.6) is 0 Å². The first-order valence-electron chi connectivity index (χ1n) is 10.7. The lowest BCUT2D eigenvalue weighted by atomic mass is 9.95. The number of rotatable bonds is 4. The van der Waals surface area contributed by atoms with Crippen LogP contribution in [0.3, 0.4) is 0 Å². The van der Waals surface area contributed by atoms with Gasteiger partial charge in [0.2, 0.25) is 5.91 Å². The topological polar surface area (TPSA) is 62.6 Å². The zero-order valence-corrected chi connectivity index (χ0v) is 17.2. The molecule has 1 aliphatic heterocycles. The number of hydrogen-bond acceptors (Lipinski definition) is 4. The van der Waals surface area contributed by atoms with Gasteiger partial charge in [-0.15, -0.1) is 0 Å². The molecule has 1 N–H and O–H groups in total. The number of para-hydroxylation sites is 1. The van der Waals surface area contributed by atoms with Gasteiger partial charge in [-0.25, -0.2) is 4.79 Å². The summed E-state index contributed by atoms with van der Waals surface area (Å²) in [5.74, 6) is 0.0949. The van der Waals surface area contributed by atoms with E-state index in [1.165, 1.54) is 0 Å². The van der Waals surface area contributed by atoms with Gasteiger partial charge in [0.25, 0.3) is 0 Å². The SMILES string of the molecule is O=C(Nc1ccccc1)C1CCN(Cc2cc(=O)oc3ccc4ccccc4c23)CC1. The third kappa shape index (κ3) is 4.09. The van der Waals surface area contributed by atoms with Gasteiger partial charge in [-0.2, -0.15) is 0 Å². The second kappa shape index (κ2) is 8.36. The van der Waals surface area contributed by atoms with Crippen LogP contribution >= 0.6 is 0 Å². The van der Waals surface area contributed by atoms with Gasteiger partial charge in [0, 0.05) is 29.6 Å². The Hall–Kier alpha value is -3.44. The number of nitrogens with zero attached hydrogens (tertiary/aromatic N) is 1. The highest BCUT2D eigenvalue weighted by Crippen LogP contribution is 2.29. The van der Waals surface area contributed by atoms with Crippen molar-refractivity contribution >= 4 is 33.3 Å². The fourth-order valence-electron chi connectivity index (χ4n) is 4.50. The molecule has 1 saturated heterocycles. The van der Waals surface area contributed by atoms with Crippen molar-refractivity contribution in [2.75, 3.05) is 18.4 Å². The maximum atomic E-state index is 12.6. The fourth-order valence-corrected chi connectivity index (χ4v) is 4.50. The number of benzene rings is 3. The van der Waals surface area contributed by atoms with Crippen LogP contribution in [0.4, 0.5) is 5.69 Å². The van der Waals surface area contributed by atoms with E-state index in [0.29, 0.717) is 12.1 Å². The van der Waals surface area contributed by atoms with E-state index in [0.717, 1.165) is 53.3 Å². The molecule has 0 unspecified atom stereocenters. The lowest BCUT2D eigenvalue weighted by Crippen LogP contribution is -2.37. The Morgan fingerprint density at radius 3 is 2.52 bits per heavy atom. The molecule has 0 bridgehead atoms. The van der Waals surface area contributed by atoms with Crippen LogP contribution in [0.1, 0.15) is 18.4 Å². The van der Waals surface area contributed by atoms with Crippen molar-refractivity contribution in [3.05, 3.63) is 88.8 Å². The molecule has 1 amide bonds. The van der Waals surface area contributed by atoms with Crippen molar-refractivity contribution in [3.63, 3.8) is 0 Å². The van der Waals surface area contributed by atoms with Crippen molar-refractivity contribution < 1.29 is 9.21 Å². The van der Waals surface area contributed by atoms with Crippen molar-refractivity contribution in [1.29, 1.82) is 0 Å². The molecule has 1 aliphatic rings. The highest BCUT2D eigenvalue weighted by Gasteiger charge is 2.25. The predicted octanol–water partition coefficient (Wildman–Crippen LogP) is 4.80. The Morgan fingerprint density at radius 1 is 0.968 bits per heavy atom. The fraction of sp³-hybridized carbons (Fsp3) is 0.231. The van der Waals surface area contributed by atoms with E-state index in [2.05, 4.69) is 22.3 Å². The molecular formula is C26H24N2O3. The average Bonchev–Trinajstić information content (AvgIpc) is 2.79. The Kier molecular flexibility index (Phi) is 5.26. The van der Waals surface area contributed by atoms with Gasteiger partial charge < -0.3 is 9.73 Å². The minimum absolute atomic E-state index is 0.00914. The molecule has 0 spiro atoms. The van der Waals surface area contributed by atoms with Crippen LogP contribution in [0.25, 0.3) is 21.7 Å². The quantitative estimate of drug-likeness (QED) is 0.386. The number of hydrogen-bond donors (Lipinski definition) is 1. The lowest BCUT2D eigenvalue weighted by Gasteiger charge is -2.31. The van der Waals surface area contributed by atoms with E-state index >= 15 is 0 Å². The monoisotopic (exact) mass is 412 g/mol. The second-order valence-corrected chi connectivity index (χ2v) is 8.16. The van der Waals surface area contributed by atoms with Crippen molar-refractivity contribution in [1.82, 2.24) is 4.90 Å². The van der Waals surface area contributed by atoms with Gasteiger partial charge in [-0.05, 0) is 60.5 Å². The van der Waals surface area contributed by atoms with Crippen molar-refractivity contribution in [2.45, 2.75) is 19.4 Å². The summed E-state index contributed by atoms with van der Waals surface area (Å²) in [5.41, 5.74) is 2.12. The maximum Gasteiger partial charge on any atom is 0.336 e. The number of piperidine rings is 1. The van der Waals surface area contributed by atoms with Crippen LogP contribution in [0.2, 0.25) is 0 Å². The van der Waals surface area contributed by atoms with E-state index in [-0.39, 0.29) is 17.5 Å². The zero-order chi connectivity index (χ0) is 21.2. The first-order valence-corrected chi connectivity index (χ1v) is 10.7. The van der Waals surface area contributed by atoms with Gasteiger partial charge in [-0.3, -0.25) is 9.69 Å². The number of carbonyl (C=O) groups is 1. The number of nitrogens with one attached hydrogen (secondary N) is 1. The minimum atomic E-state index is -0.324. The van der Waals surface area contributed by atoms with Crippen LogP contribution in [-0.4, -0.2) is 23.9 Å². The largest absolute Gasteiger partial charge is 0.423 e. The predicted molar refractivity (Wildman–Crippen MR) is 123 cm³/mol. The summed E-state index contributed by atoms with van der Waals surface area (Å²) in [5, 5.41) is 6.24. The highest BCUT2D eigenvalue weighted by atomic mass is 16.4. The first kappa shape index (κ1) is 19.5. The standard InChI is InChI=1S/C26H24N2O3/c29-24-16-20(25-22-9-5-4-6-18(22)10-11-23(25)31-24)17-28-14-12-19(13-15-28)26(30)27-21-7-2-1-3-8-21/h1-11,16,19H,12-15,17H2,(H,27,30). The summed E-state index contributed by atoms with van der Waals surface area (Å²) in [6.45, 7) is 2.31. The summed E-state index contributed by atoms with van der Waals surface area (Å²) in [6.07, 6.45) is 1.61. The third-order valence-corrected chi connectivity index (χ3v) is 6.11. The molecule has 4 aromatic rings. The second-order valence-electron chi connectivity index (χ2n) is 8.16. The Balaban J connectivity index is 1.33. The van der Waals surface area contributed by atoms with E-state index in [4.69, 9.17) is 4.42 Å². The van der Waals surface area contributed by atoms with Crippen LogP contribution in [-0.2, 0) is 11.3 Å². The molecule has 0 aliphatic carbocycles. The Labute approximate surface area is 180 Å². The molecule has 0 saturated carbocycles. The molecule has 1 aromatic heterocycles. The molecular weight excluding hydrogens is 388 g/mol. The van der Waals surface area contributed by atoms with Gasteiger partial charge in [0.05, 0.1) is 0 Å². The summed E-state index contributed by atoms with van der Waals surface area (Å²) < 4.78 is 5.48. The molecule has 1 fully saturated rings. The van der Waals surface area contributed by atoms with Gasteiger partial charge in [0.1, 0.15) is 5.58 Å². The Bertz CT molecular complexity index is 1290. The first-order chi connectivity index (χ1) is 15.2. The summed E-state index contributed by atoms with van der Waals surface area (Å²) in [4.78, 5) is 27.1. The highest BCUT2D eigenvalue weighted by molar-refractivity contribution is 6.07. The van der Waals surface area contributed by atoms with E-state index < -0.39 is 0 Å². The number of likely N-dealkylation sites (tertiary alicyclic amines) is 1. The molecule has 31 heavy (non-hydrogen) atoms. The van der Waals surface area contributed by atoms with Gasteiger partial charge in [-0.1, -0.05) is 48.5 Å². The normalized spacial score (nSPS) is 15.4. The molecule has 3 aromatic carbocycles. The average molecular weight is 412 g/mol. The van der Waals surface area contributed by atoms with Crippen LogP contribution < -0.4 is 10.9 Å². The molecule has 5 rings (SSSR count). The number of amides is 1. The Morgan fingerprint density at radius 2 is 1.71 bits per heavy atom. The summed E-state index contributed by atoms with van der Waals surface area (Å²) >= 11 is 0. The molecule has 0 atom stereocenters. The minimum Gasteiger partial charge on any atom is -0.423 e. The zero-order valence-electron chi connectivity index (χ0n) is 17.2. The third-order valence-electron chi connectivity index (χ3n) is 6.11. The number of fused-ring (bicyclic) bond motifs is 3.